The number of carbonyl (C=O) groups excluding carboxylic acids is 1. The highest BCUT2D eigenvalue weighted by atomic mass is 35.5. The number of halogens is 4. The first kappa shape index (κ1) is 16.2. The van der Waals surface area contributed by atoms with Crippen molar-refractivity contribution in [2.75, 3.05) is 17.2 Å². The van der Waals surface area contributed by atoms with E-state index >= 15 is 0 Å². The Morgan fingerprint density at radius 3 is 2.24 bits per heavy atom. The molecule has 0 aliphatic heterocycles. The topological polar surface area (TPSA) is 41.1 Å². The third-order valence-corrected chi connectivity index (χ3v) is 3.78. The first-order valence-electron chi connectivity index (χ1n) is 5.90. The number of anilines is 2. The van der Waals surface area contributed by atoms with Gasteiger partial charge in [-0.1, -0.05) is 52.5 Å². The van der Waals surface area contributed by atoms with Crippen molar-refractivity contribution in [3.05, 3.63) is 56.5 Å². The molecule has 7 heteroatoms. The molecule has 0 unspecified atom stereocenters. The number of hydrogen-bond acceptors (Lipinski definition) is 2. The molecule has 2 N–H and O–H groups in total. The molecule has 0 heterocycles. The molecular weight excluding hydrogens is 354 g/mol. The van der Waals surface area contributed by atoms with Crippen LogP contribution in [-0.4, -0.2) is 12.5 Å². The fraction of sp³-hybridized carbons (Fsp3) is 0.0714. The van der Waals surface area contributed by atoms with E-state index in [1.807, 2.05) is 0 Å². The zero-order valence-corrected chi connectivity index (χ0v) is 13.6. The molecule has 0 saturated heterocycles. The van der Waals surface area contributed by atoms with Crippen LogP contribution >= 0.6 is 46.4 Å². The molecule has 0 spiro atoms. The molecule has 0 radical (unpaired) electrons. The van der Waals surface area contributed by atoms with Gasteiger partial charge in [-0.2, -0.15) is 0 Å². The fourth-order valence-corrected chi connectivity index (χ4v) is 2.58. The van der Waals surface area contributed by atoms with Crippen LogP contribution in [0.25, 0.3) is 0 Å². The molecule has 0 fully saturated rings. The van der Waals surface area contributed by atoms with Crippen molar-refractivity contribution in [2.45, 2.75) is 0 Å². The Bertz CT molecular complexity index is 656. The van der Waals surface area contributed by atoms with Crippen LogP contribution in [0, 0.1) is 0 Å². The van der Waals surface area contributed by atoms with Crippen molar-refractivity contribution in [1.29, 1.82) is 0 Å². The summed E-state index contributed by atoms with van der Waals surface area (Å²) in [5.74, 6) is -0.295. The predicted molar refractivity (Wildman–Crippen MR) is 90.0 cm³/mol. The molecule has 0 saturated carbocycles. The number of hydrogen-bond donors (Lipinski definition) is 2. The monoisotopic (exact) mass is 362 g/mol. The summed E-state index contributed by atoms with van der Waals surface area (Å²) >= 11 is 23.8. The minimum atomic E-state index is -0.295. The minimum Gasteiger partial charge on any atom is -0.375 e. The normalized spacial score (nSPS) is 10.3. The maximum absolute atomic E-state index is 11.9. The van der Waals surface area contributed by atoms with Gasteiger partial charge in [-0.3, -0.25) is 4.79 Å². The van der Waals surface area contributed by atoms with Gasteiger partial charge in [-0.15, -0.1) is 0 Å². The van der Waals surface area contributed by atoms with Crippen LogP contribution in [0.2, 0.25) is 20.1 Å². The first-order chi connectivity index (χ1) is 9.97. The molecule has 0 aliphatic carbocycles. The summed E-state index contributed by atoms with van der Waals surface area (Å²) in [5, 5.41) is 7.27. The molecule has 2 rings (SSSR count). The molecule has 1 amide bonds. The Balaban J connectivity index is 1.99. The molecule has 2 aromatic carbocycles. The van der Waals surface area contributed by atoms with E-state index in [1.165, 1.54) is 0 Å². The quantitative estimate of drug-likeness (QED) is 0.768. The number of nitrogens with one attached hydrogen (secondary N) is 2. The van der Waals surface area contributed by atoms with Crippen LogP contribution in [0.15, 0.2) is 36.4 Å². The van der Waals surface area contributed by atoms with Crippen molar-refractivity contribution >= 4 is 63.7 Å². The first-order valence-corrected chi connectivity index (χ1v) is 7.41. The van der Waals surface area contributed by atoms with Crippen molar-refractivity contribution in [1.82, 2.24) is 0 Å². The second-order valence-electron chi connectivity index (χ2n) is 4.12. The Morgan fingerprint density at radius 2 is 1.62 bits per heavy atom. The van der Waals surface area contributed by atoms with E-state index in [9.17, 15) is 4.79 Å². The van der Waals surface area contributed by atoms with E-state index in [4.69, 9.17) is 46.4 Å². The van der Waals surface area contributed by atoms with Crippen LogP contribution in [-0.2, 0) is 4.79 Å². The predicted octanol–water partition coefficient (Wildman–Crippen LogP) is 5.35. The summed E-state index contributed by atoms with van der Waals surface area (Å²) in [6.07, 6.45) is 0. The van der Waals surface area contributed by atoms with Crippen LogP contribution in [0.4, 0.5) is 11.4 Å². The van der Waals surface area contributed by atoms with Crippen LogP contribution < -0.4 is 10.6 Å². The number of para-hydroxylation sites is 1. The Kier molecular flexibility index (Phi) is 5.59. The minimum absolute atomic E-state index is 0.0168. The van der Waals surface area contributed by atoms with Gasteiger partial charge in [-0.25, -0.2) is 0 Å². The fourth-order valence-electron chi connectivity index (χ4n) is 1.61. The molecule has 3 nitrogen and oxygen atoms in total. The lowest BCUT2D eigenvalue weighted by molar-refractivity contribution is -0.114. The lowest BCUT2D eigenvalue weighted by atomic mass is 10.3. The van der Waals surface area contributed by atoms with Gasteiger partial charge in [0.15, 0.2) is 0 Å². The third kappa shape index (κ3) is 4.42. The summed E-state index contributed by atoms with van der Waals surface area (Å²) in [6, 6.07) is 9.96. The largest absolute Gasteiger partial charge is 0.375 e. The molecule has 110 valence electrons. The van der Waals surface area contributed by atoms with E-state index in [2.05, 4.69) is 10.6 Å². The van der Waals surface area contributed by atoms with Crippen LogP contribution in [0.5, 0.6) is 0 Å². The lowest BCUT2D eigenvalue weighted by Crippen LogP contribution is -2.22. The average molecular weight is 364 g/mol. The smallest absolute Gasteiger partial charge is 0.243 e. The Morgan fingerprint density at radius 1 is 0.952 bits per heavy atom. The number of benzene rings is 2. The van der Waals surface area contributed by atoms with Gasteiger partial charge < -0.3 is 10.6 Å². The summed E-state index contributed by atoms with van der Waals surface area (Å²) in [4.78, 5) is 11.9. The Labute approximate surface area is 142 Å². The van der Waals surface area contributed by atoms with Crippen molar-refractivity contribution in [3.63, 3.8) is 0 Å². The van der Waals surface area contributed by atoms with Crippen molar-refractivity contribution in [2.24, 2.45) is 0 Å². The lowest BCUT2D eigenvalue weighted by Gasteiger charge is -2.11. The molecule has 2 aromatic rings. The van der Waals surface area contributed by atoms with Gasteiger partial charge in [0.2, 0.25) is 5.91 Å². The average Bonchev–Trinajstić information content (AvgIpc) is 2.42. The summed E-state index contributed by atoms with van der Waals surface area (Å²) in [5.41, 5.74) is 0.997. The Hall–Kier alpha value is -1.13. The highest BCUT2D eigenvalue weighted by molar-refractivity contribution is 6.39. The highest BCUT2D eigenvalue weighted by Gasteiger charge is 2.10. The maximum Gasteiger partial charge on any atom is 0.243 e. The van der Waals surface area contributed by atoms with E-state index in [1.54, 1.807) is 36.4 Å². The second-order valence-corrected chi connectivity index (χ2v) is 5.78. The van der Waals surface area contributed by atoms with Gasteiger partial charge in [0.25, 0.3) is 0 Å². The molecule has 21 heavy (non-hydrogen) atoms. The zero-order valence-electron chi connectivity index (χ0n) is 10.6. The molecular formula is C14H10Cl4N2O. The van der Waals surface area contributed by atoms with Crippen molar-refractivity contribution < 1.29 is 4.79 Å². The van der Waals surface area contributed by atoms with Gasteiger partial charge in [0.05, 0.1) is 33.0 Å². The standard InChI is InChI=1S/C14H10Cl4N2O/c15-8-4-5-12(11(18)6-8)19-7-13(21)20-14-9(16)2-1-3-10(14)17/h1-6,19H,7H2,(H,20,21). The number of rotatable bonds is 4. The van der Waals surface area contributed by atoms with E-state index in [0.29, 0.717) is 31.5 Å². The van der Waals surface area contributed by atoms with Gasteiger partial charge in [0.1, 0.15) is 0 Å². The van der Waals surface area contributed by atoms with E-state index in [-0.39, 0.29) is 12.5 Å². The van der Waals surface area contributed by atoms with Gasteiger partial charge >= 0.3 is 0 Å². The zero-order chi connectivity index (χ0) is 15.4. The molecule has 0 bridgehead atoms. The van der Waals surface area contributed by atoms with Crippen molar-refractivity contribution in [3.8, 4) is 0 Å². The number of amides is 1. The van der Waals surface area contributed by atoms with Gasteiger partial charge in [0, 0.05) is 5.02 Å². The molecule has 0 atom stereocenters. The summed E-state index contributed by atoms with van der Waals surface area (Å²) in [7, 11) is 0. The van der Waals surface area contributed by atoms with Gasteiger partial charge in [-0.05, 0) is 30.3 Å². The van der Waals surface area contributed by atoms with E-state index in [0.717, 1.165) is 0 Å². The molecule has 0 aromatic heterocycles. The summed E-state index contributed by atoms with van der Waals surface area (Å²) in [6.45, 7) is 0.0168. The van der Waals surface area contributed by atoms with E-state index < -0.39 is 0 Å². The van der Waals surface area contributed by atoms with Crippen LogP contribution in [0.3, 0.4) is 0 Å². The van der Waals surface area contributed by atoms with Crippen LogP contribution in [0.1, 0.15) is 0 Å². The highest BCUT2D eigenvalue weighted by Crippen LogP contribution is 2.30. The number of carbonyl (C=O) groups is 1. The SMILES string of the molecule is O=C(CNc1ccc(Cl)cc1Cl)Nc1c(Cl)cccc1Cl. The summed E-state index contributed by atoms with van der Waals surface area (Å²) < 4.78 is 0. The second kappa shape index (κ2) is 7.23. The third-order valence-electron chi connectivity index (χ3n) is 2.60. The molecule has 0 aliphatic rings. The maximum atomic E-state index is 11.9.